The van der Waals surface area contributed by atoms with Crippen LogP contribution in [0.25, 0.3) is 11.2 Å². The largest absolute Gasteiger partial charge is 0.332 e. The minimum atomic E-state index is -0.284. The van der Waals surface area contributed by atoms with Gasteiger partial charge in [-0.2, -0.15) is 5.10 Å². The van der Waals surface area contributed by atoms with Gasteiger partial charge in [0.25, 0.3) is 5.56 Å². The highest BCUT2D eigenvalue weighted by Gasteiger charge is 2.17. The molecule has 8 heteroatoms. The number of nitrogens with zero attached hydrogens (tertiary/aromatic N) is 5. The standard InChI is InChI=1S/C19H26N6O2/c1-3-5-6-10-24-17-16(23(9-4-2)14-20-17)18(26)25(19(24)27)11-7-8-15-12-21-22-13-15/h4,12-14H,2-3,5-11H2,1H3,(H,21,22). The first-order valence-electron chi connectivity index (χ1n) is 9.44. The van der Waals surface area contributed by atoms with Crippen LogP contribution < -0.4 is 11.2 Å². The lowest BCUT2D eigenvalue weighted by Gasteiger charge is -2.12. The summed E-state index contributed by atoms with van der Waals surface area (Å²) < 4.78 is 4.74. The Morgan fingerprint density at radius 1 is 1.19 bits per heavy atom. The molecule has 0 saturated carbocycles. The van der Waals surface area contributed by atoms with Crippen LogP contribution in [0.3, 0.4) is 0 Å². The molecule has 8 nitrogen and oxygen atoms in total. The first-order valence-corrected chi connectivity index (χ1v) is 9.44. The predicted octanol–water partition coefficient (Wildman–Crippen LogP) is 2.09. The molecule has 3 aromatic heterocycles. The normalized spacial score (nSPS) is 11.3. The fourth-order valence-corrected chi connectivity index (χ4v) is 3.29. The third-order valence-electron chi connectivity index (χ3n) is 4.70. The van der Waals surface area contributed by atoms with Crippen LogP contribution in [0.5, 0.6) is 0 Å². The summed E-state index contributed by atoms with van der Waals surface area (Å²) in [6.07, 6.45) is 11.3. The Balaban J connectivity index is 1.99. The summed E-state index contributed by atoms with van der Waals surface area (Å²) in [5.74, 6) is 0. The zero-order chi connectivity index (χ0) is 19.2. The smallest absolute Gasteiger partial charge is 0.321 e. The second-order valence-corrected chi connectivity index (χ2v) is 6.67. The van der Waals surface area contributed by atoms with Crippen molar-refractivity contribution >= 4 is 11.2 Å². The highest BCUT2D eigenvalue weighted by molar-refractivity contribution is 5.70. The molecule has 0 saturated heterocycles. The van der Waals surface area contributed by atoms with Gasteiger partial charge >= 0.3 is 5.69 Å². The number of allylic oxidation sites excluding steroid dienone is 1. The number of hydrogen-bond donors (Lipinski definition) is 1. The Kier molecular flexibility index (Phi) is 6.05. The Labute approximate surface area is 157 Å². The molecule has 0 bridgehead atoms. The lowest BCUT2D eigenvalue weighted by molar-refractivity contribution is 0.525. The lowest BCUT2D eigenvalue weighted by Crippen LogP contribution is -2.40. The highest BCUT2D eigenvalue weighted by Crippen LogP contribution is 2.09. The van der Waals surface area contributed by atoms with Gasteiger partial charge in [-0.3, -0.25) is 19.0 Å². The molecular weight excluding hydrogens is 344 g/mol. The molecule has 0 atom stereocenters. The van der Waals surface area contributed by atoms with E-state index in [2.05, 4.69) is 28.7 Å². The first-order chi connectivity index (χ1) is 13.2. The zero-order valence-electron chi connectivity index (χ0n) is 15.7. The van der Waals surface area contributed by atoms with Crippen molar-refractivity contribution < 1.29 is 0 Å². The molecule has 0 fully saturated rings. The second kappa shape index (κ2) is 8.66. The van der Waals surface area contributed by atoms with E-state index in [4.69, 9.17) is 0 Å². The number of aryl methyl sites for hydroxylation is 2. The van der Waals surface area contributed by atoms with Gasteiger partial charge in [0.1, 0.15) is 0 Å². The quantitative estimate of drug-likeness (QED) is 0.437. The molecule has 0 unspecified atom stereocenters. The highest BCUT2D eigenvalue weighted by atomic mass is 16.2. The average Bonchev–Trinajstić information content (AvgIpc) is 3.31. The van der Waals surface area contributed by atoms with Gasteiger partial charge in [-0.15, -0.1) is 6.58 Å². The van der Waals surface area contributed by atoms with Crippen LogP contribution in [0.15, 0.2) is 41.0 Å². The number of nitrogens with one attached hydrogen (secondary N) is 1. The Morgan fingerprint density at radius 3 is 2.70 bits per heavy atom. The number of rotatable bonds is 10. The van der Waals surface area contributed by atoms with Gasteiger partial charge in [-0.1, -0.05) is 25.8 Å². The number of hydrogen-bond acceptors (Lipinski definition) is 4. The molecule has 0 amide bonds. The van der Waals surface area contributed by atoms with Gasteiger partial charge in [0, 0.05) is 25.8 Å². The maximum absolute atomic E-state index is 13.0. The predicted molar refractivity (Wildman–Crippen MR) is 105 cm³/mol. The van der Waals surface area contributed by atoms with E-state index < -0.39 is 0 Å². The number of imidazole rings is 1. The number of aromatic amines is 1. The molecule has 0 aliphatic heterocycles. The van der Waals surface area contributed by atoms with E-state index >= 15 is 0 Å². The van der Waals surface area contributed by atoms with Crippen molar-refractivity contribution in [2.75, 3.05) is 0 Å². The summed E-state index contributed by atoms with van der Waals surface area (Å²) >= 11 is 0. The van der Waals surface area contributed by atoms with Crippen LogP contribution in [-0.4, -0.2) is 28.9 Å². The van der Waals surface area contributed by atoms with Crippen LogP contribution in [0, 0.1) is 0 Å². The molecule has 0 aliphatic rings. The van der Waals surface area contributed by atoms with E-state index in [0.29, 0.717) is 37.2 Å². The maximum Gasteiger partial charge on any atom is 0.332 e. The third-order valence-corrected chi connectivity index (χ3v) is 4.70. The number of fused-ring (bicyclic) bond motifs is 1. The first kappa shape index (κ1) is 18.9. The van der Waals surface area contributed by atoms with E-state index in [1.54, 1.807) is 27.7 Å². The molecule has 3 heterocycles. The lowest BCUT2D eigenvalue weighted by atomic mass is 10.2. The number of unbranched alkanes of at least 4 members (excludes halogenated alkanes) is 2. The monoisotopic (exact) mass is 370 g/mol. The molecule has 0 aliphatic carbocycles. The fourth-order valence-electron chi connectivity index (χ4n) is 3.29. The molecule has 3 rings (SSSR count). The Morgan fingerprint density at radius 2 is 2.00 bits per heavy atom. The minimum absolute atomic E-state index is 0.278. The van der Waals surface area contributed by atoms with E-state index in [0.717, 1.165) is 31.2 Å². The van der Waals surface area contributed by atoms with Crippen molar-refractivity contribution in [3.63, 3.8) is 0 Å². The van der Waals surface area contributed by atoms with Crippen LogP contribution in [0.2, 0.25) is 0 Å². The van der Waals surface area contributed by atoms with Gasteiger partial charge in [0.15, 0.2) is 11.2 Å². The van der Waals surface area contributed by atoms with Crippen molar-refractivity contribution in [2.24, 2.45) is 0 Å². The second-order valence-electron chi connectivity index (χ2n) is 6.67. The fraction of sp³-hybridized carbons (Fsp3) is 0.474. The summed E-state index contributed by atoms with van der Waals surface area (Å²) in [6.45, 7) is 7.27. The average molecular weight is 370 g/mol. The van der Waals surface area contributed by atoms with Crippen LogP contribution in [-0.2, 0) is 26.1 Å². The maximum atomic E-state index is 13.0. The van der Waals surface area contributed by atoms with Gasteiger partial charge in [-0.05, 0) is 24.8 Å². The zero-order valence-corrected chi connectivity index (χ0v) is 15.7. The van der Waals surface area contributed by atoms with Crippen molar-refractivity contribution in [1.82, 2.24) is 28.9 Å². The van der Waals surface area contributed by atoms with Crippen molar-refractivity contribution in [3.8, 4) is 0 Å². The third kappa shape index (κ3) is 3.94. The van der Waals surface area contributed by atoms with Gasteiger partial charge in [0.05, 0.1) is 12.5 Å². The Bertz CT molecular complexity index is 1010. The molecule has 3 aromatic rings. The minimum Gasteiger partial charge on any atom is -0.321 e. The summed E-state index contributed by atoms with van der Waals surface area (Å²) in [6, 6.07) is 0. The summed E-state index contributed by atoms with van der Waals surface area (Å²) in [4.78, 5) is 30.4. The number of H-pyrrole nitrogens is 1. The van der Waals surface area contributed by atoms with Gasteiger partial charge in [0.2, 0.25) is 0 Å². The topological polar surface area (TPSA) is 90.5 Å². The number of aromatic nitrogens is 6. The molecule has 0 radical (unpaired) electrons. The van der Waals surface area contributed by atoms with Crippen LogP contribution >= 0.6 is 0 Å². The van der Waals surface area contributed by atoms with E-state index in [1.165, 1.54) is 4.57 Å². The summed E-state index contributed by atoms with van der Waals surface area (Å²) in [5.41, 5.74) is 1.43. The van der Waals surface area contributed by atoms with Crippen molar-refractivity contribution in [3.05, 3.63) is 57.8 Å². The Hall–Kier alpha value is -2.90. The molecule has 0 aromatic carbocycles. The van der Waals surface area contributed by atoms with Crippen molar-refractivity contribution in [2.45, 2.75) is 58.7 Å². The van der Waals surface area contributed by atoms with Crippen LogP contribution in [0.4, 0.5) is 0 Å². The SMILES string of the molecule is C=CCn1cnc2c1c(=O)n(CCCc1cn[nH]c1)c(=O)n2CCCCC. The molecule has 27 heavy (non-hydrogen) atoms. The van der Waals surface area contributed by atoms with E-state index in [9.17, 15) is 9.59 Å². The molecule has 1 N–H and O–H groups in total. The van der Waals surface area contributed by atoms with Gasteiger partial charge in [-0.25, -0.2) is 9.78 Å². The molecule has 0 spiro atoms. The molecular formula is C19H26N6O2. The summed E-state index contributed by atoms with van der Waals surface area (Å²) in [5, 5.41) is 6.70. The van der Waals surface area contributed by atoms with E-state index in [1.807, 2.05) is 6.20 Å². The van der Waals surface area contributed by atoms with Crippen LogP contribution in [0.1, 0.15) is 38.2 Å². The summed E-state index contributed by atoms with van der Waals surface area (Å²) in [7, 11) is 0. The van der Waals surface area contributed by atoms with E-state index in [-0.39, 0.29) is 11.2 Å². The molecule has 144 valence electrons. The van der Waals surface area contributed by atoms with Gasteiger partial charge < -0.3 is 4.57 Å². The van der Waals surface area contributed by atoms with Crippen molar-refractivity contribution in [1.29, 1.82) is 0 Å².